The first kappa shape index (κ1) is 11.5. The molecule has 76 valence electrons. The van der Waals surface area contributed by atoms with Gasteiger partial charge in [0.25, 0.3) is 0 Å². The number of halogens is 1. The number of benzene rings is 1. The number of hydrogen-bond acceptors (Lipinski definition) is 2. The van der Waals surface area contributed by atoms with Crippen LogP contribution in [0.2, 0.25) is 0 Å². The maximum absolute atomic E-state index is 10.5. The van der Waals surface area contributed by atoms with Crippen molar-refractivity contribution in [3.63, 3.8) is 0 Å². The van der Waals surface area contributed by atoms with Crippen LogP contribution in [-0.2, 0) is 16.0 Å². The number of aryl methyl sites for hydroxylation is 1. The molecule has 0 bridgehead atoms. The van der Waals surface area contributed by atoms with Crippen molar-refractivity contribution in [3.05, 3.63) is 33.4 Å². The Morgan fingerprint density at radius 1 is 1.36 bits per heavy atom. The molecule has 0 saturated heterocycles. The van der Waals surface area contributed by atoms with Crippen LogP contribution in [0, 0.1) is 3.57 Å². The zero-order valence-corrected chi connectivity index (χ0v) is 10.3. The van der Waals surface area contributed by atoms with Gasteiger partial charge in [0.05, 0.1) is 6.61 Å². The fourth-order valence-corrected chi connectivity index (χ4v) is 1.50. The van der Waals surface area contributed by atoms with Gasteiger partial charge in [-0.3, -0.25) is 4.79 Å². The average Bonchev–Trinajstić information content (AvgIpc) is 2.15. The van der Waals surface area contributed by atoms with Crippen LogP contribution in [0.15, 0.2) is 24.3 Å². The zero-order chi connectivity index (χ0) is 10.4. The second kappa shape index (κ2) is 6.01. The molecule has 0 radical (unpaired) electrons. The van der Waals surface area contributed by atoms with Crippen LogP contribution >= 0.6 is 22.6 Å². The van der Waals surface area contributed by atoms with Crippen LogP contribution in [0.5, 0.6) is 0 Å². The Kier molecular flexibility index (Phi) is 4.93. The molecule has 0 aromatic heterocycles. The Morgan fingerprint density at radius 3 is 2.57 bits per heavy atom. The molecule has 0 spiro atoms. The Morgan fingerprint density at radius 2 is 2.00 bits per heavy atom. The Labute approximate surface area is 97.8 Å². The first-order valence-corrected chi connectivity index (χ1v) is 5.64. The number of hydrogen-bond donors (Lipinski definition) is 0. The normalized spacial score (nSPS) is 9.86. The lowest BCUT2D eigenvalue weighted by molar-refractivity contribution is -0.141. The molecule has 0 unspecified atom stereocenters. The molecule has 1 rings (SSSR count). The van der Waals surface area contributed by atoms with Crippen LogP contribution < -0.4 is 0 Å². The lowest BCUT2D eigenvalue weighted by Gasteiger charge is -2.02. The Bertz CT molecular complexity index is 293. The molecule has 0 aliphatic carbocycles. The van der Waals surface area contributed by atoms with Crippen LogP contribution in [0.25, 0.3) is 0 Å². The summed E-state index contributed by atoms with van der Waals surface area (Å²) in [6, 6.07) is 8.38. The Hall–Kier alpha value is -0.580. The van der Waals surface area contributed by atoms with Crippen molar-refractivity contribution in [2.45, 2.75) is 19.8 Å². The molecule has 2 nitrogen and oxygen atoms in total. The summed E-state index contributed by atoms with van der Waals surface area (Å²) >= 11 is 2.28. The number of carbonyl (C=O) groups is 1. The summed E-state index contributed by atoms with van der Waals surface area (Å²) in [5, 5.41) is 0. The smallest absolute Gasteiger partial charge is 0.302 e. The average molecular weight is 304 g/mol. The lowest BCUT2D eigenvalue weighted by atomic mass is 10.1. The van der Waals surface area contributed by atoms with Gasteiger partial charge in [-0.25, -0.2) is 0 Å². The van der Waals surface area contributed by atoms with E-state index in [9.17, 15) is 4.79 Å². The fourth-order valence-electron chi connectivity index (χ4n) is 1.14. The summed E-state index contributed by atoms with van der Waals surface area (Å²) in [6.45, 7) is 1.95. The molecule has 0 heterocycles. The molecule has 0 saturated carbocycles. The van der Waals surface area contributed by atoms with E-state index in [2.05, 4.69) is 46.9 Å². The molecular formula is C11H13IO2. The lowest BCUT2D eigenvalue weighted by Crippen LogP contribution is -2.01. The van der Waals surface area contributed by atoms with E-state index in [0.717, 1.165) is 12.8 Å². The predicted octanol–water partition coefficient (Wildman–Crippen LogP) is 2.79. The maximum atomic E-state index is 10.5. The van der Waals surface area contributed by atoms with Gasteiger partial charge in [0.1, 0.15) is 0 Å². The van der Waals surface area contributed by atoms with Crippen molar-refractivity contribution in [2.24, 2.45) is 0 Å². The van der Waals surface area contributed by atoms with Crippen LogP contribution in [0.3, 0.4) is 0 Å². The number of esters is 1. The standard InChI is InChI=1S/C11H13IO2/c1-9(13)14-8-2-3-10-4-6-11(12)7-5-10/h4-7H,2-3,8H2,1H3. The highest BCUT2D eigenvalue weighted by Gasteiger charge is 1.95. The fraction of sp³-hybridized carbons (Fsp3) is 0.364. The Balaban J connectivity index is 2.25. The van der Waals surface area contributed by atoms with Crippen LogP contribution in [0.4, 0.5) is 0 Å². The van der Waals surface area contributed by atoms with Crippen LogP contribution in [-0.4, -0.2) is 12.6 Å². The van der Waals surface area contributed by atoms with Gasteiger partial charge < -0.3 is 4.74 Å². The SMILES string of the molecule is CC(=O)OCCCc1ccc(I)cc1. The highest BCUT2D eigenvalue weighted by Crippen LogP contribution is 2.08. The minimum Gasteiger partial charge on any atom is -0.466 e. The van der Waals surface area contributed by atoms with Crippen molar-refractivity contribution < 1.29 is 9.53 Å². The van der Waals surface area contributed by atoms with Crippen molar-refractivity contribution >= 4 is 28.6 Å². The molecule has 14 heavy (non-hydrogen) atoms. The molecular weight excluding hydrogens is 291 g/mol. The quantitative estimate of drug-likeness (QED) is 0.486. The van der Waals surface area contributed by atoms with E-state index in [1.165, 1.54) is 16.1 Å². The molecule has 0 aliphatic heterocycles. The van der Waals surface area contributed by atoms with E-state index in [4.69, 9.17) is 4.74 Å². The van der Waals surface area contributed by atoms with Gasteiger partial charge in [0.2, 0.25) is 0 Å². The second-order valence-electron chi connectivity index (χ2n) is 3.07. The molecule has 3 heteroatoms. The van der Waals surface area contributed by atoms with Gasteiger partial charge in [0, 0.05) is 10.5 Å². The molecule has 1 aromatic rings. The third kappa shape index (κ3) is 4.60. The summed E-state index contributed by atoms with van der Waals surface area (Å²) < 4.78 is 6.09. The highest BCUT2D eigenvalue weighted by molar-refractivity contribution is 14.1. The summed E-state index contributed by atoms with van der Waals surface area (Å²) in [5.41, 5.74) is 1.29. The van der Waals surface area contributed by atoms with Crippen molar-refractivity contribution in [1.82, 2.24) is 0 Å². The molecule has 0 N–H and O–H groups in total. The van der Waals surface area contributed by atoms with Gasteiger partial charge >= 0.3 is 5.97 Å². The van der Waals surface area contributed by atoms with Gasteiger partial charge in [-0.1, -0.05) is 12.1 Å². The molecule has 0 amide bonds. The van der Waals surface area contributed by atoms with Gasteiger partial charge in [0.15, 0.2) is 0 Å². The largest absolute Gasteiger partial charge is 0.466 e. The van der Waals surface area contributed by atoms with Crippen molar-refractivity contribution in [1.29, 1.82) is 0 Å². The molecule has 0 fully saturated rings. The van der Waals surface area contributed by atoms with E-state index in [-0.39, 0.29) is 5.97 Å². The minimum absolute atomic E-state index is 0.201. The van der Waals surface area contributed by atoms with Gasteiger partial charge in [-0.2, -0.15) is 0 Å². The van der Waals surface area contributed by atoms with Crippen molar-refractivity contribution in [3.8, 4) is 0 Å². The number of carbonyl (C=O) groups excluding carboxylic acids is 1. The van der Waals surface area contributed by atoms with E-state index < -0.39 is 0 Å². The van der Waals surface area contributed by atoms with E-state index in [1.54, 1.807) is 0 Å². The van der Waals surface area contributed by atoms with Crippen molar-refractivity contribution in [2.75, 3.05) is 6.61 Å². The van der Waals surface area contributed by atoms with Gasteiger partial charge in [-0.15, -0.1) is 0 Å². The first-order valence-electron chi connectivity index (χ1n) is 4.56. The second-order valence-corrected chi connectivity index (χ2v) is 4.32. The summed E-state index contributed by atoms with van der Waals surface area (Å²) in [7, 11) is 0. The van der Waals surface area contributed by atoms with E-state index >= 15 is 0 Å². The zero-order valence-electron chi connectivity index (χ0n) is 8.13. The molecule has 0 atom stereocenters. The summed E-state index contributed by atoms with van der Waals surface area (Å²) in [5.74, 6) is -0.201. The predicted molar refractivity (Wildman–Crippen MR) is 64.1 cm³/mol. The summed E-state index contributed by atoms with van der Waals surface area (Å²) in [4.78, 5) is 10.5. The topological polar surface area (TPSA) is 26.3 Å². The first-order chi connectivity index (χ1) is 6.68. The highest BCUT2D eigenvalue weighted by atomic mass is 127. The molecule has 1 aromatic carbocycles. The number of ether oxygens (including phenoxy) is 1. The summed E-state index contributed by atoms with van der Waals surface area (Å²) in [6.07, 6.45) is 1.85. The van der Waals surface area contributed by atoms with Gasteiger partial charge in [-0.05, 0) is 53.1 Å². The van der Waals surface area contributed by atoms with Crippen LogP contribution in [0.1, 0.15) is 18.9 Å². The van der Waals surface area contributed by atoms with E-state index in [0.29, 0.717) is 6.61 Å². The number of rotatable bonds is 4. The minimum atomic E-state index is -0.201. The van der Waals surface area contributed by atoms with E-state index in [1.807, 2.05) is 0 Å². The molecule has 0 aliphatic rings. The maximum Gasteiger partial charge on any atom is 0.302 e. The third-order valence-corrected chi connectivity index (χ3v) is 2.55. The third-order valence-electron chi connectivity index (χ3n) is 1.83. The monoisotopic (exact) mass is 304 g/mol.